The highest BCUT2D eigenvalue weighted by atomic mass is 79.9. The molecule has 2 heterocycles. The number of Topliss-reactive ketones (excluding diaryl/α,β-unsaturated/α-hetero) is 2. The summed E-state index contributed by atoms with van der Waals surface area (Å²) >= 11 is 14.8. The van der Waals surface area contributed by atoms with E-state index in [4.69, 9.17) is 46.9 Å². The number of aliphatic hydroxyl groups is 2. The summed E-state index contributed by atoms with van der Waals surface area (Å²) in [6.45, 7) is 3.35. The Bertz CT molecular complexity index is 1990. The molecule has 1 aliphatic rings. The number of benzene rings is 2. The highest BCUT2D eigenvalue weighted by molar-refractivity contribution is 9.11. The lowest BCUT2D eigenvalue weighted by atomic mass is 9.86. The zero-order valence-electron chi connectivity index (χ0n) is 28.7. The Morgan fingerprint density at radius 3 is 1.92 bits per heavy atom. The molecule has 4 atom stereocenters. The molecule has 2 aromatic carbocycles. The number of carbonyl (C=O) groups is 4. The number of aliphatic hydroxyl groups excluding tert-OH is 1. The van der Waals surface area contributed by atoms with Gasteiger partial charge in [-0.15, -0.1) is 0 Å². The number of aromatic amines is 1. The summed E-state index contributed by atoms with van der Waals surface area (Å²) in [4.78, 5) is 81.3. The van der Waals surface area contributed by atoms with Crippen LogP contribution in [0.2, 0.25) is 10.0 Å². The fourth-order valence-corrected chi connectivity index (χ4v) is 5.59. The largest absolute Gasteiger partial charge is 0.476 e. The summed E-state index contributed by atoms with van der Waals surface area (Å²) in [6, 6.07) is 12.2. The second-order valence-corrected chi connectivity index (χ2v) is 14.2. The summed E-state index contributed by atoms with van der Waals surface area (Å²) in [5.41, 5.74) is -7.84. The van der Waals surface area contributed by atoms with E-state index in [1.165, 1.54) is 87.3 Å². The lowest BCUT2D eigenvalue weighted by molar-refractivity contribution is -0.174. The van der Waals surface area contributed by atoms with E-state index in [0.717, 1.165) is 10.8 Å². The summed E-state index contributed by atoms with van der Waals surface area (Å²) in [7, 11) is 0. The number of nitrogens with zero attached hydrogens (tertiary/aromatic N) is 1. The van der Waals surface area contributed by atoms with Crippen LogP contribution in [0.1, 0.15) is 45.9 Å². The molecule has 0 aliphatic carbocycles. The minimum Gasteiger partial charge on any atom is -0.476 e. The molecule has 0 amide bonds. The number of H-pyrrole nitrogens is 1. The molecule has 53 heavy (non-hydrogen) atoms. The van der Waals surface area contributed by atoms with Crippen LogP contribution in [-0.4, -0.2) is 85.5 Å². The number of ether oxygens (including phenoxy) is 5. The predicted octanol–water partition coefficient (Wildman–Crippen LogP) is 3.53. The van der Waals surface area contributed by atoms with Gasteiger partial charge in [-0.05, 0) is 87.3 Å². The van der Waals surface area contributed by atoms with Crippen molar-refractivity contribution in [1.29, 1.82) is 0 Å². The molecule has 1 unspecified atom stereocenters. The lowest BCUT2D eigenvalue weighted by Gasteiger charge is -2.30. The van der Waals surface area contributed by atoms with Crippen LogP contribution in [0, 0.1) is 0 Å². The molecule has 0 bridgehead atoms. The normalized spacial score (nSPS) is 19.4. The van der Waals surface area contributed by atoms with Crippen molar-refractivity contribution >= 4 is 68.7 Å². The summed E-state index contributed by atoms with van der Waals surface area (Å²) in [5.74, 6) is -3.93. The monoisotopic (exact) mass is 840 g/mol. The first-order valence-electron chi connectivity index (χ1n) is 15.7. The number of hydrogen-bond acceptors (Lipinski definition) is 13. The van der Waals surface area contributed by atoms with Gasteiger partial charge in [0.15, 0.2) is 30.0 Å². The number of aromatic nitrogens is 2. The maximum Gasteiger partial charge on any atom is 0.350 e. The van der Waals surface area contributed by atoms with Crippen molar-refractivity contribution in [2.75, 3.05) is 13.2 Å². The smallest absolute Gasteiger partial charge is 0.350 e. The third-order valence-corrected chi connectivity index (χ3v) is 8.71. The highest BCUT2D eigenvalue weighted by Gasteiger charge is 2.58. The van der Waals surface area contributed by atoms with E-state index in [-0.39, 0.29) is 17.1 Å². The fraction of sp³-hybridized carbons (Fsp3) is 0.371. The zero-order valence-corrected chi connectivity index (χ0v) is 31.8. The van der Waals surface area contributed by atoms with E-state index in [1.807, 2.05) is 0 Å². The van der Waals surface area contributed by atoms with Gasteiger partial charge in [0.25, 0.3) is 5.56 Å². The Morgan fingerprint density at radius 1 is 0.943 bits per heavy atom. The highest BCUT2D eigenvalue weighted by Crippen LogP contribution is 2.39. The van der Waals surface area contributed by atoms with E-state index in [1.54, 1.807) is 0 Å². The van der Waals surface area contributed by atoms with Gasteiger partial charge in [-0.1, -0.05) is 39.1 Å². The number of carbonyl (C=O) groups excluding carboxylic acids is 4. The van der Waals surface area contributed by atoms with Crippen LogP contribution < -0.4 is 20.7 Å². The van der Waals surface area contributed by atoms with Crippen LogP contribution in [0.3, 0.4) is 0 Å². The number of esters is 2. The fourth-order valence-electron chi connectivity index (χ4n) is 5.06. The van der Waals surface area contributed by atoms with Gasteiger partial charge >= 0.3 is 17.6 Å². The Labute approximate surface area is 320 Å². The van der Waals surface area contributed by atoms with Crippen molar-refractivity contribution in [3.63, 3.8) is 0 Å². The zero-order chi connectivity index (χ0) is 39.3. The van der Waals surface area contributed by atoms with Crippen molar-refractivity contribution in [2.24, 2.45) is 0 Å². The molecule has 4 rings (SSSR count). The predicted molar refractivity (Wildman–Crippen MR) is 193 cm³/mol. The van der Waals surface area contributed by atoms with E-state index in [9.17, 15) is 39.0 Å². The quantitative estimate of drug-likeness (QED) is 0.187. The van der Waals surface area contributed by atoms with Crippen molar-refractivity contribution in [1.82, 2.24) is 9.55 Å². The molecular weight excluding hydrogens is 807 g/mol. The van der Waals surface area contributed by atoms with Crippen molar-refractivity contribution in [3.05, 3.63) is 96.2 Å². The maximum atomic E-state index is 13.7. The number of halogens is 3. The van der Waals surface area contributed by atoms with Crippen molar-refractivity contribution in [2.45, 2.75) is 69.4 Å². The molecule has 1 saturated heterocycles. The van der Waals surface area contributed by atoms with Gasteiger partial charge in [-0.25, -0.2) is 14.4 Å². The second-order valence-electron chi connectivity index (χ2n) is 12.8. The second kappa shape index (κ2) is 16.8. The minimum atomic E-state index is -2.77. The molecule has 0 spiro atoms. The van der Waals surface area contributed by atoms with E-state index in [2.05, 4.69) is 20.9 Å². The number of rotatable bonds is 15. The summed E-state index contributed by atoms with van der Waals surface area (Å²) in [6.07, 6.45) is -4.34. The first-order chi connectivity index (χ1) is 24.8. The molecular formula is C35H35BrCl2N2O13. The topological polar surface area (TPSA) is 210 Å². The SMILES string of the molecule is CC(C)(Oc1ccc(Cl)cc1)C(=O)OCC(=O)C(O)[C@H]1O[C@@H](n2cc(/C=C/Br)c(=O)[nH]c2=O)C[C@@]1(O)C(=O)COC(=O)C(C)(C)Oc1ccc(Cl)cc1. The van der Waals surface area contributed by atoms with Gasteiger partial charge in [0, 0.05) is 22.7 Å². The molecule has 1 aliphatic heterocycles. The number of hydrogen-bond donors (Lipinski definition) is 3. The molecule has 3 N–H and O–H groups in total. The first-order valence-corrected chi connectivity index (χ1v) is 17.4. The summed E-state index contributed by atoms with van der Waals surface area (Å²) in [5, 5.41) is 23.8. The average molecular weight is 842 g/mol. The Morgan fingerprint density at radius 2 is 1.43 bits per heavy atom. The number of ketones is 2. The molecule has 0 radical (unpaired) electrons. The molecule has 18 heteroatoms. The average Bonchev–Trinajstić information content (AvgIpc) is 3.46. The Hall–Kier alpha value is -4.32. The van der Waals surface area contributed by atoms with E-state index >= 15 is 0 Å². The van der Waals surface area contributed by atoms with Gasteiger partial charge in [-0.3, -0.25) is 23.9 Å². The molecule has 1 fully saturated rings. The van der Waals surface area contributed by atoms with Crippen LogP contribution >= 0.6 is 39.1 Å². The van der Waals surface area contributed by atoms with E-state index < -0.39 is 89.6 Å². The van der Waals surface area contributed by atoms with Crippen LogP contribution in [0.4, 0.5) is 0 Å². The maximum absolute atomic E-state index is 13.7. The third kappa shape index (κ3) is 10.0. The van der Waals surface area contributed by atoms with Crippen LogP contribution in [0.25, 0.3) is 6.08 Å². The van der Waals surface area contributed by atoms with Gasteiger partial charge in [0.05, 0.1) is 5.56 Å². The van der Waals surface area contributed by atoms with Crippen LogP contribution in [0.5, 0.6) is 11.5 Å². The Balaban J connectivity index is 1.54. The van der Waals surface area contributed by atoms with Gasteiger partial charge in [-0.2, -0.15) is 0 Å². The van der Waals surface area contributed by atoms with Crippen molar-refractivity contribution in [3.8, 4) is 11.5 Å². The van der Waals surface area contributed by atoms with Gasteiger partial charge in [0.2, 0.25) is 11.6 Å². The minimum absolute atomic E-state index is 0.0350. The summed E-state index contributed by atoms with van der Waals surface area (Å²) < 4.78 is 28.2. The van der Waals surface area contributed by atoms with Gasteiger partial charge in [0.1, 0.15) is 29.9 Å². The van der Waals surface area contributed by atoms with Crippen molar-refractivity contribution < 1.29 is 53.1 Å². The lowest BCUT2D eigenvalue weighted by Crippen LogP contribution is -2.56. The van der Waals surface area contributed by atoms with E-state index in [0.29, 0.717) is 10.0 Å². The van der Waals surface area contributed by atoms with Crippen LogP contribution in [0.15, 0.2) is 69.3 Å². The molecule has 0 saturated carbocycles. The Kier molecular flexibility index (Phi) is 13.1. The molecule has 1 aromatic heterocycles. The molecule has 284 valence electrons. The third-order valence-electron chi connectivity index (χ3n) is 7.94. The first kappa shape index (κ1) is 41.4. The van der Waals surface area contributed by atoms with Gasteiger partial charge < -0.3 is 33.9 Å². The molecule has 3 aromatic rings. The molecule has 15 nitrogen and oxygen atoms in total. The number of nitrogens with one attached hydrogen (secondary N) is 1. The van der Waals surface area contributed by atoms with Crippen LogP contribution in [-0.2, 0) is 33.4 Å². The standard InChI is InChI=1S/C35H35BrCl2N2O13/c1-33(2,52-22-9-5-20(37)6-10-22)30(45)49-17-24(41)27(43)28-35(48,15-26(51-28)40-16-19(13-14-36)29(44)39-32(40)47)25(42)18-50-31(46)34(3,4)53-23-11-7-21(38)8-12-23/h5-14,16,26-28,43,48H,15,17-18H2,1-4H3,(H,39,44,47)/b14-13+/t26-,27?,28-,35-/m1/s1.